The van der Waals surface area contributed by atoms with Gasteiger partial charge in [-0.3, -0.25) is 14.3 Å². The summed E-state index contributed by atoms with van der Waals surface area (Å²) in [5, 5.41) is 16.3. The van der Waals surface area contributed by atoms with Gasteiger partial charge in [0.25, 0.3) is 0 Å². The number of nitrogens with zero attached hydrogens (tertiary/aromatic N) is 3. The van der Waals surface area contributed by atoms with Crippen molar-refractivity contribution in [1.82, 2.24) is 20.0 Å². The Bertz CT molecular complexity index is 824. The molecule has 2 fully saturated rings. The van der Waals surface area contributed by atoms with Crippen LogP contribution in [-0.4, -0.2) is 59.8 Å². The lowest BCUT2D eigenvalue weighted by Gasteiger charge is -2.43. The lowest BCUT2D eigenvalue weighted by atomic mass is 9.95. The molecule has 8 nitrogen and oxygen atoms in total. The molecule has 2 amide bonds. The number of carboxylic acids is 1. The van der Waals surface area contributed by atoms with Gasteiger partial charge in [0.2, 0.25) is 11.8 Å². The van der Waals surface area contributed by atoms with E-state index in [-0.39, 0.29) is 23.1 Å². The van der Waals surface area contributed by atoms with Crippen molar-refractivity contribution in [2.45, 2.75) is 63.4 Å². The van der Waals surface area contributed by atoms with E-state index in [1.54, 1.807) is 11.6 Å². The van der Waals surface area contributed by atoms with Crippen molar-refractivity contribution < 1.29 is 19.5 Å². The van der Waals surface area contributed by atoms with Crippen LogP contribution in [0, 0.1) is 19.8 Å². The van der Waals surface area contributed by atoms with Crippen LogP contribution in [-0.2, 0) is 20.9 Å². The molecule has 2 aliphatic rings. The van der Waals surface area contributed by atoms with Crippen LogP contribution in [0.1, 0.15) is 32.2 Å². The molecule has 27 heavy (non-hydrogen) atoms. The Labute approximate surface area is 170 Å². The Morgan fingerprint density at radius 3 is 2.56 bits per heavy atom. The van der Waals surface area contributed by atoms with Crippen LogP contribution in [0.3, 0.4) is 0 Å². The molecule has 0 bridgehead atoms. The van der Waals surface area contributed by atoms with Crippen molar-refractivity contribution in [3.05, 3.63) is 15.9 Å². The fourth-order valence-electron chi connectivity index (χ4n) is 3.64. The minimum Gasteiger partial charge on any atom is -0.480 e. The molecule has 0 radical (unpaired) electrons. The molecule has 148 valence electrons. The highest BCUT2D eigenvalue weighted by molar-refractivity contribution is 9.10. The van der Waals surface area contributed by atoms with Gasteiger partial charge in [0, 0.05) is 10.4 Å². The molecule has 0 aromatic carbocycles. The maximum atomic E-state index is 12.6. The smallest absolute Gasteiger partial charge is 0.327 e. The number of fused-ring (bicyclic) bond motifs is 1. The van der Waals surface area contributed by atoms with Gasteiger partial charge in [0.1, 0.15) is 17.5 Å². The van der Waals surface area contributed by atoms with Crippen molar-refractivity contribution in [2.24, 2.45) is 5.92 Å². The molecule has 0 spiro atoms. The predicted octanol–water partition coefficient (Wildman–Crippen LogP) is 1.53. The molecule has 2 N–H and O–H groups in total. The molecule has 1 aromatic rings. The second-order valence-corrected chi connectivity index (χ2v) is 10.2. The molecule has 0 unspecified atom stereocenters. The summed E-state index contributed by atoms with van der Waals surface area (Å²) in [6.07, 6.45) is 0. The van der Waals surface area contributed by atoms with E-state index >= 15 is 0 Å². The molecule has 3 heterocycles. The number of carbonyl (C=O) groups is 3. The highest BCUT2D eigenvalue weighted by Crippen LogP contribution is 2.50. The molecule has 1 aromatic heterocycles. The second kappa shape index (κ2) is 6.80. The predicted molar refractivity (Wildman–Crippen MR) is 104 cm³/mol. The Hall–Kier alpha value is -1.55. The van der Waals surface area contributed by atoms with Crippen LogP contribution < -0.4 is 5.32 Å². The summed E-state index contributed by atoms with van der Waals surface area (Å²) >= 11 is 4.89. The number of nitrogens with one attached hydrogen (secondary N) is 1. The number of aromatic nitrogens is 2. The minimum atomic E-state index is -1.02. The third-order valence-electron chi connectivity index (χ3n) is 5.16. The van der Waals surface area contributed by atoms with Crippen molar-refractivity contribution in [3.63, 3.8) is 0 Å². The first-order valence-corrected chi connectivity index (χ1v) is 10.4. The largest absolute Gasteiger partial charge is 0.480 e. The number of carbonyl (C=O) groups excluding carboxylic acids is 2. The number of carboxylic acid groups (broad SMARTS) is 1. The number of halogens is 1. The van der Waals surface area contributed by atoms with Gasteiger partial charge < -0.3 is 15.3 Å². The molecule has 4 atom stereocenters. The molecule has 10 heteroatoms. The topological polar surface area (TPSA) is 105 Å². The van der Waals surface area contributed by atoms with Gasteiger partial charge in [-0.2, -0.15) is 5.10 Å². The molecule has 0 aliphatic carbocycles. The van der Waals surface area contributed by atoms with E-state index in [2.05, 4.69) is 26.3 Å². The molecule has 2 aliphatic heterocycles. The maximum absolute atomic E-state index is 12.6. The average molecular weight is 459 g/mol. The van der Waals surface area contributed by atoms with Gasteiger partial charge in [0.15, 0.2) is 0 Å². The third-order valence-corrected chi connectivity index (χ3v) is 7.88. The number of hydrogen-bond donors (Lipinski definition) is 2. The number of amides is 2. The van der Waals surface area contributed by atoms with Crippen molar-refractivity contribution in [1.29, 1.82) is 0 Å². The number of aliphatic carboxylic acids is 1. The Morgan fingerprint density at radius 1 is 1.41 bits per heavy atom. The fraction of sp³-hybridized carbons (Fsp3) is 0.647. The summed E-state index contributed by atoms with van der Waals surface area (Å²) < 4.78 is 2.09. The summed E-state index contributed by atoms with van der Waals surface area (Å²) in [6, 6.07) is -1.56. The van der Waals surface area contributed by atoms with Crippen molar-refractivity contribution >= 4 is 45.5 Å². The van der Waals surface area contributed by atoms with Crippen molar-refractivity contribution in [2.75, 3.05) is 0 Å². The third kappa shape index (κ3) is 3.26. The SMILES string of the molecule is Cc1nn(C[C@@H](C)C(=O)N[C@@H]2C(=O)N3[C@@H]2SC(C)(C)[C@H]3C(=O)O)c(C)c1Br. The van der Waals surface area contributed by atoms with Crippen LogP contribution >= 0.6 is 27.7 Å². The summed E-state index contributed by atoms with van der Waals surface area (Å²) in [5.74, 6) is -1.98. The van der Waals surface area contributed by atoms with Crippen molar-refractivity contribution in [3.8, 4) is 0 Å². The molecule has 3 rings (SSSR count). The molecular formula is C17H23BrN4O4S. The first-order chi connectivity index (χ1) is 12.5. The van der Waals surface area contributed by atoms with E-state index in [9.17, 15) is 19.5 Å². The number of β-lactam (4-membered cyclic amide) rings is 1. The van der Waals surface area contributed by atoms with Crippen LogP contribution in [0.25, 0.3) is 0 Å². The van der Waals surface area contributed by atoms with Gasteiger partial charge >= 0.3 is 5.97 Å². The zero-order valence-corrected chi connectivity index (χ0v) is 18.2. The van der Waals surface area contributed by atoms with E-state index in [0.29, 0.717) is 6.54 Å². The highest BCUT2D eigenvalue weighted by Gasteiger charge is 2.64. The molecule has 2 saturated heterocycles. The zero-order valence-electron chi connectivity index (χ0n) is 15.8. The average Bonchev–Trinajstić information content (AvgIpc) is 2.97. The quantitative estimate of drug-likeness (QED) is 0.648. The van der Waals surface area contributed by atoms with E-state index in [4.69, 9.17) is 0 Å². The van der Waals surface area contributed by atoms with Gasteiger partial charge in [-0.05, 0) is 43.6 Å². The minimum absolute atomic E-state index is 0.242. The number of rotatable bonds is 5. The van der Waals surface area contributed by atoms with Gasteiger partial charge in [-0.25, -0.2) is 4.79 Å². The highest BCUT2D eigenvalue weighted by atomic mass is 79.9. The van der Waals surface area contributed by atoms with Crippen LogP contribution in [0.5, 0.6) is 0 Å². The first-order valence-electron chi connectivity index (χ1n) is 8.68. The molecule has 0 saturated carbocycles. The Balaban J connectivity index is 1.66. The Kier molecular flexibility index (Phi) is 5.09. The number of hydrogen-bond acceptors (Lipinski definition) is 5. The van der Waals surface area contributed by atoms with Crippen LogP contribution in [0.2, 0.25) is 0 Å². The van der Waals surface area contributed by atoms with Gasteiger partial charge in [0.05, 0.1) is 22.6 Å². The van der Waals surface area contributed by atoms with Gasteiger partial charge in [-0.1, -0.05) is 6.92 Å². The maximum Gasteiger partial charge on any atom is 0.327 e. The summed E-state index contributed by atoms with van der Waals surface area (Å²) in [6.45, 7) is 9.61. The van der Waals surface area contributed by atoms with E-state index in [0.717, 1.165) is 15.9 Å². The standard InChI is InChI=1S/C17H23BrN4O4S/c1-7(6-21-9(3)10(18)8(2)20-21)13(23)19-11-14(24)22-12(16(25)26)17(4,5)27-15(11)22/h7,11-12,15H,6H2,1-5H3,(H,19,23)(H,25,26)/t7-,11-,12-,15-/m1/s1. The van der Waals surface area contributed by atoms with E-state index in [1.165, 1.54) is 16.7 Å². The fourth-order valence-corrected chi connectivity index (χ4v) is 5.55. The number of thioether (sulfide) groups is 1. The van der Waals surface area contributed by atoms with Crippen LogP contribution in [0.4, 0.5) is 0 Å². The van der Waals surface area contributed by atoms with Crippen LogP contribution in [0.15, 0.2) is 4.47 Å². The molecular weight excluding hydrogens is 436 g/mol. The summed E-state index contributed by atoms with van der Waals surface area (Å²) in [5.41, 5.74) is 1.80. The summed E-state index contributed by atoms with van der Waals surface area (Å²) in [4.78, 5) is 38.0. The first kappa shape index (κ1) is 20.2. The lowest BCUT2D eigenvalue weighted by Crippen LogP contribution is -2.71. The summed E-state index contributed by atoms with van der Waals surface area (Å²) in [7, 11) is 0. The van der Waals surface area contributed by atoms with Gasteiger partial charge in [-0.15, -0.1) is 11.8 Å². The monoisotopic (exact) mass is 458 g/mol. The second-order valence-electron chi connectivity index (χ2n) is 7.65. The Morgan fingerprint density at radius 2 is 2.04 bits per heavy atom. The normalized spacial score (nSPS) is 27.1. The zero-order chi connectivity index (χ0) is 20.3. The van der Waals surface area contributed by atoms with E-state index < -0.39 is 22.8 Å². The van der Waals surface area contributed by atoms with E-state index in [1.807, 2.05) is 27.7 Å². The number of aryl methyl sites for hydroxylation is 1. The lowest BCUT2D eigenvalue weighted by molar-refractivity contribution is -0.161.